The van der Waals surface area contributed by atoms with Gasteiger partial charge in [0.05, 0.1) is 0 Å². The van der Waals surface area contributed by atoms with Gasteiger partial charge in [-0.1, -0.05) is 58.3 Å². The Morgan fingerprint density at radius 1 is 0.880 bits per heavy atom. The van der Waals surface area contributed by atoms with Gasteiger partial charge in [0.25, 0.3) is 0 Å². The maximum Gasteiger partial charge on any atom is 0.225 e. The maximum absolute atomic E-state index is 12.3. The van der Waals surface area contributed by atoms with Crippen LogP contribution in [0.2, 0.25) is 0 Å². The average molecular weight is 347 g/mol. The summed E-state index contributed by atoms with van der Waals surface area (Å²) in [7, 11) is 0. The largest absolute Gasteiger partial charge is 0.339 e. The van der Waals surface area contributed by atoms with Gasteiger partial charge in [-0.25, -0.2) is 9.97 Å². The molecule has 0 bridgehead atoms. The van der Waals surface area contributed by atoms with E-state index in [9.17, 15) is 4.79 Å². The smallest absolute Gasteiger partial charge is 0.225 e. The van der Waals surface area contributed by atoms with Crippen molar-refractivity contribution in [2.24, 2.45) is 0 Å². The fourth-order valence-electron chi connectivity index (χ4n) is 3.36. The molecule has 0 saturated carbocycles. The highest BCUT2D eigenvalue weighted by atomic mass is 16.2. The SMILES string of the molecule is CCCCCCCCCCCC(=O)N1CCN(c2ncccn2)CC1. The molecule has 0 atom stereocenters. The van der Waals surface area contributed by atoms with Crippen molar-refractivity contribution in [3.8, 4) is 0 Å². The Balaban J connectivity index is 1.51. The van der Waals surface area contributed by atoms with E-state index in [-0.39, 0.29) is 0 Å². The third-order valence-corrected chi connectivity index (χ3v) is 4.96. The lowest BCUT2D eigenvalue weighted by Gasteiger charge is -2.34. The second-order valence-corrected chi connectivity index (χ2v) is 7.00. The molecule has 2 rings (SSSR count). The van der Waals surface area contributed by atoms with Gasteiger partial charge in [0, 0.05) is 45.0 Å². The number of hydrogen-bond acceptors (Lipinski definition) is 4. The fraction of sp³-hybridized carbons (Fsp3) is 0.750. The molecule has 0 aromatic carbocycles. The van der Waals surface area contributed by atoms with Crippen LogP contribution in [0.15, 0.2) is 18.5 Å². The zero-order chi connectivity index (χ0) is 17.7. The molecular weight excluding hydrogens is 312 g/mol. The number of carbonyl (C=O) groups excluding carboxylic acids is 1. The van der Waals surface area contributed by atoms with Crippen LogP contribution in [0.25, 0.3) is 0 Å². The van der Waals surface area contributed by atoms with Gasteiger partial charge >= 0.3 is 0 Å². The molecule has 0 radical (unpaired) electrons. The first kappa shape index (κ1) is 19.7. The summed E-state index contributed by atoms with van der Waals surface area (Å²) >= 11 is 0. The monoisotopic (exact) mass is 346 g/mol. The molecule has 0 aliphatic carbocycles. The van der Waals surface area contributed by atoms with Gasteiger partial charge in [-0.05, 0) is 12.5 Å². The first-order valence-corrected chi connectivity index (χ1v) is 10.1. The van der Waals surface area contributed by atoms with E-state index in [2.05, 4.69) is 21.8 Å². The van der Waals surface area contributed by atoms with E-state index in [0.29, 0.717) is 12.3 Å². The molecule has 1 aromatic rings. The minimum absolute atomic E-state index is 0.316. The van der Waals surface area contributed by atoms with Crippen LogP contribution in [-0.2, 0) is 4.79 Å². The van der Waals surface area contributed by atoms with E-state index in [0.717, 1.165) is 38.5 Å². The summed E-state index contributed by atoms with van der Waals surface area (Å²) in [5.41, 5.74) is 0. The molecular formula is C20H34N4O. The molecule has 1 fully saturated rings. The first-order valence-electron chi connectivity index (χ1n) is 10.1. The van der Waals surface area contributed by atoms with Crippen LogP contribution in [0.1, 0.15) is 71.1 Å². The second-order valence-electron chi connectivity index (χ2n) is 7.00. The van der Waals surface area contributed by atoms with Crippen LogP contribution in [-0.4, -0.2) is 47.0 Å². The van der Waals surface area contributed by atoms with Crippen LogP contribution >= 0.6 is 0 Å². The van der Waals surface area contributed by atoms with E-state index in [1.165, 1.54) is 51.4 Å². The molecule has 1 saturated heterocycles. The molecule has 5 heteroatoms. The number of carbonyl (C=O) groups is 1. The Labute approximate surface area is 152 Å². The van der Waals surface area contributed by atoms with E-state index in [1.54, 1.807) is 12.4 Å². The topological polar surface area (TPSA) is 49.3 Å². The summed E-state index contributed by atoms with van der Waals surface area (Å²) in [5.74, 6) is 1.09. The number of hydrogen-bond donors (Lipinski definition) is 0. The van der Waals surface area contributed by atoms with Crippen molar-refractivity contribution in [2.75, 3.05) is 31.1 Å². The average Bonchev–Trinajstić information content (AvgIpc) is 2.67. The Morgan fingerprint density at radius 3 is 2.04 bits per heavy atom. The van der Waals surface area contributed by atoms with Crippen molar-refractivity contribution in [2.45, 2.75) is 71.1 Å². The van der Waals surface area contributed by atoms with Crippen LogP contribution in [0.5, 0.6) is 0 Å². The number of rotatable bonds is 11. The lowest BCUT2D eigenvalue weighted by Crippen LogP contribution is -2.49. The van der Waals surface area contributed by atoms with Crippen molar-refractivity contribution in [3.63, 3.8) is 0 Å². The number of unbranched alkanes of at least 4 members (excludes halogenated alkanes) is 8. The Kier molecular flexibility index (Phi) is 9.31. The highest BCUT2D eigenvalue weighted by molar-refractivity contribution is 5.76. The van der Waals surface area contributed by atoms with E-state index in [4.69, 9.17) is 0 Å². The van der Waals surface area contributed by atoms with Gasteiger partial charge < -0.3 is 9.80 Å². The molecule has 1 aromatic heterocycles. The zero-order valence-corrected chi connectivity index (χ0v) is 15.8. The molecule has 1 aliphatic heterocycles. The molecule has 140 valence electrons. The van der Waals surface area contributed by atoms with Crippen molar-refractivity contribution >= 4 is 11.9 Å². The molecule has 0 spiro atoms. The third-order valence-electron chi connectivity index (χ3n) is 4.96. The zero-order valence-electron chi connectivity index (χ0n) is 15.8. The fourth-order valence-corrected chi connectivity index (χ4v) is 3.36. The van der Waals surface area contributed by atoms with Gasteiger partial charge in [0.15, 0.2) is 0 Å². The number of amides is 1. The van der Waals surface area contributed by atoms with Crippen LogP contribution < -0.4 is 4.90 Å². The molecule has 25 heavy (non-hydrogen) atoms. The second kappa shape index (κ2) is 11.8. The quantitative estimate of drug-likeness (QED) is 0.567. The predicted molar refractivity (Wildman–Crippen MR) is 103 cm³/mol. The molecule has 2 heterocycles. The summed E-state index contributed by atoms with van der Waals surface area (Å²) in [5, 5.41) is 0. The first-order chi connectivity index (χ1) is 12.3. The standard InChI is InChI=1S/C20H34N4O/c1-2-3-4-5-6-7-8-9-10-12-19(25)23-15-17-24(18-16-23)20-21-13-11-14-22-20/h11,13-14H,2-10,12,15-18H2,1H3. The van der Waals surface area contributed by atoms with E-state index in [1.807, 2.05) is 11.0 Å². The summed E-state index contributed by atoms with van der Waals surface area (Å²) < 4.78 is 0. The summed E-state index contributed by atoms with van der Waals surface area (Å²) in [6.45, 7) is 5.48. The Morgan fingerprint density at radius 2 is 1.44 bits per heavy atom. The van der Waals surface area contributed by atoms with Gasteiger partial charge in [0.1, 0.15) is 0 Å². The summed E-state index contributed by atoms with van der Waals surface area (Å²) in [6, 6.07) is 1.83. The highest BCUT2D eigenvalue weighted by Gasteiger charge is 2.21. The van der Waals surface area contributed by atoms with Gasteiger partial charge in [-0.15, -0.1) is 0 Å². The van der Waals surface area contributed by atoms with Crippen molar-refractivity contribution in [1.29, 1.82) is 0 Å². The lowest BCUT2D eigenvalue weighted by molar-refractivity contribution is -0.131. The number of anilines is 1. The van der Waals surface area contributed by atoms with Crippen LogP contribution in [0.4, 0.5) is 5.95 Å². The molecule has 0 unspecified atom stereocenters. The Hall–Kier alpha value is -1.65. The normalized spacial score (nSPS) is 14.8. The minimum atomic E-state index is 0.316. The molecule has 0 N–H and O–H groups in total. The van der Waals surface area contributed by atoms with Crippen molar-refractivity contribution in [3.05, 3.63) is 18.5 Å². The van der Waals surface area contributed by atoms with Crippen LogP contribution in [0.3, 0.4) is 0 Å². The van der Waals surface area contributed by atoms with E-state index >= 15 is 0 Å². The van der Waals surface area contributed by atoms with Crippen molar-refractivity contribution in [1.82, 2.24) is 14.9 Å². The third kappa shape index (κ3) is 7.41. The number of aromatic nitrogens is 2. The summed E-state index contributed by atoms with van der Waals surface area (Å²) in [4.78, 5) is 25.1. The predicted octanol–water partition coefficient (Wildman–Crippen LogP) is 4.05. The Bertz CT molecular complexity index is 472. The lowest BCUT2D eigenvalue weighted by atomic mass is 10.1. The highest BCUT2D eigenvalue weighted by Crippen LogP contribution is 2.13. The van der Waals surface area contributed by atoms with Crippen molar-refractivity contribution < 1.29 is 4.79 Å². The van der Waals surface area contributed by atoms with Gasteiger partial charge in [-0.2, -0.15) is 0 Å². The molecule has 1 amide bonds. The molecule has 5 nitrogen and oxygen atoms in total. The minimum Gasteiger partial charge on any atom is -0.339 e. The number of nitrogens with zero attached hydrogens (tertiary/aromatic N) is 4. The number of piperazine rings is 1. The van der Waals surface area contributed by atoms with Crippen LogP contribution in [0, 0.1) is 0 Å². The van der Waals surface area contributed by atoms with Gasteiger partial charge in [0.2, 0.25) is 11.9 Å². The molecule has 1 aliphatic rings. The summed E-state index contributed by atoms with van der Waals surface area (Å²) in [6.07, 6.45) is 15.9. The van der Waals surface area contributed by atoms with E-state index < -0.39 is 0 Å². The maximum atomic E-state index is 12.3. The van der Waals surface area contributed by atoms with Gasteiger partial charge in [-0.3, -0.25) is 4.79 Å².